The normalized spacial score (nSPS) is 18.4. The fourth-order valence-electron chi connectivity index (χ4n) is 3.74. The molecule has 8 heteroatoms. The number of hydrogen-bond donors (Lipinski definition) is 0. The van der Waals surface area contributed by atoms with Crippen LogP contribution in [0.15, 0.2) is 42.5 Å². The quantitative estimate of drug-likeness (QED) is 0.700. The maximum atomic E-state index is 13.4. The van der Waals surface area contributed by atoms with Crippen LogP contribution in [0.3, 0.4) is 0 Å². The van der Waals surface area contributed by atoms with Gasteiger partial charge in [-0.2, -0.15) is 18.4 Å². The lowest BCUT2D eigenvalue weighted by Crippen LogP contribution is -2.55. The van der Waals surface area contributed by atoms with Crippen LogP contribution in [0.5, 0.6) is 0 Å². The Bertz CT molecular complexity index is 1010. The van der Waals surface area contributed by atoms with Crippen molar-refractivity contribution in [1.82, 2.24) is 0 Å². The summed E-state index contributed by atoms with van der Waals surface area (Å²) in [5, 5.41) is 9.13. The third-order valence-electron chi connectivity index (χ3n) is 5.24. The number of rotatable bonds is 2. The summed E-state index contributed by atoms with van der Waals surface area (Å²) in [7, 11) is 0. The predicted molar refractivity (Wildman–Crippen MR) is 101 cm³/mol. The molecule has 1 heterocycles. The van der Waals surface area contributed by atoms with Gasteiger partial charge < -0.3 is 4.90 Å². The van der Waals surface area contributed by atoms with Crippen LogP contribution in [0.4, 0.5) is 24.5 Å². The molecule has 1 saturated heterocycles. The first kappa shape index (κ1) is 18.4. The molecule has 2 aromatic carbocycles. The Morgan fingerprint density at radius 1 is 1.14 bits per heavy atom. The minimum atomic E-state index is -4.71. The molecule has 2 aliphatic rings. The molecule has 28 heavy (non-hydrogen) atoms. The average molecular weight is 400 g/mol. The molecular weight excluding hydrogens is 387 g/mol. The lowest BCUT2D eigenvalue weighted by molar-refractivity contribution is -0.137. The SMILES string of the molecule is N#Cc1ccc(N2C(=O)C3(CCC3)N(c3cc[c]cc3)C2=S)cc1C(F)(F)F. The van der Waals surface area contributed by atoms with Gasteiger partial charge in [0.15, 0.2) is 5.11 Å². The molecular formula is C20H13F3N3OS. The molecule has 0 aromatic heterocycles. The molecule has 1 amide bonds. The first-order valence-electron chi connectivity index (χ1n) is 8.56. The third-order valence-corrected chi connectivity index (χ3v) is 5.60. The second-order valence-corrected chi connectivity index (χ2v) is 7.11. The monoisotopic (exact) mass is 400 g/mol. The summed E-state index contributed by atoms with van der Waals surface area (Å²) in [6.45, 7) is 0. The Morgan fingerprint density at radius 3 is 2.36 bits per heavy atom. The summed E-state index contributed by atoms with van der Waals surface area (Å²) >= 11 is 5.52. The lowest BCUT2D eigenvalue weighted by Gasteiger charge is -2.43. The van der Waals surface area contributed by atoms with E-state index in [9.17, 15) is 18.0 Å². The van der Waals surface area contributed by atoms with E-state index in [1.807, 2.05) is 0 Å². The molecule has 0 bridgehead atoms. The van der Waals surface area contributed by atoms with Crippen molar-refractivity contribution < 1.29 is 18.0 Å². The minimum absolute atomic E-state index is 0.0117. The van der Waals surface area contributed by atoms with Crippen molar-refractivity contribution >= 4 is 34.6 Å². The van der Waals surface area contributed by atoms with Crippen LogP contribution < -0.4 is 9.80 Å². The van der Waals surface area contributed by atoms with Gasteiger partial charge in [-0.25, -0.2) is 0 Å². The van der Waals surface area contributed by atoms with Crippen LogP contribution in [0.1, 0.15) is 30.4 Å². The van der Waals surface area contributed by atoms with Crippen LogP contribution in [0, 0.1) is 17.4 Å². The standard InChI is InChI=1S/C20H13F3N3OS/c21-20(22,23)16-11-15(8-7-13(16)12-24)25-17(27)19(9-4-10-19)26(18(25)28)14-5-2-1-3-6-14/h2-3,5-8,11H,4,9-10H2. The largest absolute Gasteiger partial charge is 0.417 e. The van der Waals surface area contributed by atoms with Crippen molar-refractivity contribution in [2.45, 2.75) is 31.0 Å². The highest BCUT2D eigenvalue weighted by Gasteiger charge is 2.59. The number of anilines is 2. The summed E-state index contributed by atoms with van der Waals surface area (Å²) in [4.78, 5) is 16.1. The van der Waals surface area contributed by atoms with E-state index in [1.165, 1.54) is 6.07 Å². The molecule has 1 radical (unpaired) electrons. The van der Waals surface area contributed by atoms with Gasteiger partial charge in [-0.1, -0.05) is 12.1 Å². The maximum absolute atomic E-state index is 13.4. The number of thiocarbonyl (C=S) groups is 1. The number of amides is 1. The summed E-state index contributed by atoms with van der Waals surface area (Å²) < 4.78 is 40.1. The highest BCUT2D eigenvalue weighted by atomic mass is 32.1. The highest BCUT2D eigenvalue weighted by Crippen LogP contribution is 2.48. The smallest absolute Gasteiger partial charge is 0.303 e. The van der Waals surface area contributed by atoms with Gasteiger partial charge in [0.25, 0.3) is 5.91 Å². The van der Waals surface area contributed by atoms with E-state index in [4.69, 9.17) is 17.5 Å². The zero-order valence-electron chi connectivity index (χ0n) is 14.5. The van der Waals surface area contributed by atoms with E-state index < -0.39 is 22.8 Å². The van der Waals surface area contributed by atoms with Gasteiger partial charge in [0.05, 0.1) is 22.9 Å². The molecule has 0 N–H and O–H groups in total. The zero-order chi connectivity index (χ0) is 20.1. The van der Waals surface area contributed by atoms with Gasteiger partial charge in [0, 0.05) is 5.69 Å². The van der Waals surface area contributed by atoms with Gasteiger partial charge in [-0.15, -0.1) is 0 Å². The Labute approximate surface area is 164 Å². The van der Waals surface area contributed by atoms with E-state index in [1.54, 1.807) is 35.2 Å². The summed E-state index contributed by atoms with van der Waals surface area (Å²) in [6.07, 6.45) is -2.74. The van der Waals surface area contributed by atoms with E-state index in [-0.39, 0.29) is 16.7 Å². The van der Waals surface area contributed by atoms with Crippen LogP contribution in [-0.2, 0) is 11.0 Å². The number of carbonyl (C=O) groups excluding carboxylic acids is 1. The third kappa shape index (κ3) is 2.58. The van der Waals surface area contributed by atoms with E-state index >= 15 is 0 Å². The van der Waals surface area contributed by atoms with Crippen LogP contribution in [0.2, 0.25) is 0 Å². The van der Waals surface area contributed by atoms with Crippen molar-refractivity contribution in [3.8, 4) is 6.07 Å². The van der Waals surface area contributed by atoms with Crippen molar-refractivity contribution in [2.75, 3.05) is 9.80 Å². The van der Waals surface area contributed by atoms with Crippen molar-refractivity contribution in [3.63, 3.8) is 0 Å². The second kappa shape index (κ2) is 6.31. The van der Waals surface area contributed by atoms with Crippen molar-refractivity contribution in [1.29, 1.82) is 5.26 Å². The van der Waals surface area contributed by atoms with Gasteiger partial charge in [0.1, 0.15) is 5.54 Å². The molecule has 0 atom stereocenters. The van der Waals surface area contributed by atoms with Gasteiger partial charge in [-0.05, 0) is 67.9 Å². The zero-order valence-corrected chi connectivity index (χ0v) is 15.3. The molecule has 1 aliphatic carbocycles. The van der Waals surface area contributed by atoms with E-state index in [0.29, 0.717) is 18.5 Å². The van der Waals surface area contributed by atoms with E-state index in [2.05, 4.69) is 6.07 Å². The lowest BCUT2D eigenvalue weighted by atomic mass is 9.75. The molecule has 0 unspecified atom stereocenters. The van der Waals surface area contributed by atoms with Crippen molar-refractivity contribution in [2.24, 2.45) is 0 Å². The number of nitriles is 1. The Morgan fingerprint density at radius 2 is 1.82 bits per heavy atom. The first-order valence-corrected chi connectivity index (χ1v) is 8.97. The number of carbonyl (C=O) groups is 1. The summed E-state index contributed by atoms with van der Waals surface area (Å²) in [6, 6.07) is 14.6. The maximum Gasteiger partial charge on any atom is 0.417 e. The highest BCUT2D eigenvalue weighted by molar-refractivity contribution is 7.81. The van der Waals surface area contributed by atoms with E-state index in [0.717, 1.165) is 23.5 Å². The molecule has 1 saturated carbocycles. The van der Waals surface area contributed by atoms with Crippen LogP contribution >= 0.6 is 12.2 Å². The van der Waals surface area contributed by atoms with Gasteiger partial charge in [0.2, 0.25) is 0 Å². The van der Waals surface area contributed by atoms with Gasteiger partial charge >= 0.3 is 6.18 Å². The first-order chi connectivity index (χ1) is 13.3. The van der Waals surface area contributed by atoms with Crippen molar-refractivity contribution in [3.05, 3.63) is 59.7 Å². The summed E-state index contributed by atoms with van der Waals surface area (Å²) in [5.74, 6) is -0.339. The summed E-state index contributed by atoms with van der Waals surface area (Å²) in [5.41, 5.74) is -1.74. The molecule has 4 nitrogen and oxygen atoms in total. The average Bonchev–Trinajstić information content (AvgIpc) is 2.88. The second-order valence-electron chi connectivity index (χ2n) is 6.74. The number of alkyl halides is 3. The van der Waals surface area contributed by atoms with Crippen LogP contribution in [-0.4, -0.2) is 16.6 Å². The Hall–Kier alpha value is -2.92. The number of hydrogen-bond acceptors (Lipinski definition) is 3. The Balaban J connectivity index is 1.83. The molecule has 2 aromatic rings. The molecule has 1 spiro atoms. The number of halogens is 3. The molecule has 4 rings (SSSR count). The fraction of sp³-hybridized carbons (Fsp3) is 0.250. The topological polar surface area (TPSA) is 47.3 Å². The Kier molecular flexibility index (Phi) is 4.16. The molecule has 1 aliphatic heterocycles. The number of benzene rings is 2. The van der Waals surface area contributed by atoms with Gasteiger partial charge in [-0.3, -0.25) is 9.69 Å². The fourth-order valence-corrected chi connectivity index (χ4v) is 4.21. The van der Waals surface area contributed by atoms with Crippen LogP contribution in [0.25, 0.3) is 0 Å². The minimum Gasteiger partial charge on any atom is -0.303 e. The molecule has 141 valence electrons. The number of nitrogens with zero attached hydrogens (tertiary/aromatic N) is 3. The predicted octanol–water partition coefficient (Wildman–Crippen LogP) is 4.44. The molecule has 2 fully saturated rings.